The smallest absolute Gasteiger partial charge is 0.243 e. The third-order valence-electron chi connectivity index (χ3n) is 6.46. The molecule has 1 heterocycles. The molecule has 6 nitrogen and oxygen atoms in total. The Kier molecular flexibility index (Phi) is 7.96. The van der Waals surface area contributed by atoms with Crippen molar-refractivity contribution in [1.82, 2.24) is 9.21 Å². The summed E-state index contributed by atoms with van der Waals surface area (Å²) in [6.07, 6.45) is 2.04. The van der Waals surface area contributed by atoms with Gasteiger partial charge in [-0.05, 0) is 65.9 Å². The summed E-state index contributed by atoms with van der Waals surface area (Å²) in [6, 6.07) is 23.0. The average molecular weight is 478 g/mol. The highest BCUT2D eigenvalue weighted by molar-refractivity contribution is 7.89. The lowest BCUT2D eigenvalue weighted by Gasteiger charge is -2.35. The van der Waals surface area contributed by atoms with Crippen LogP contribution in [-0.2, 0) is 21.3 Å². The summed E-state index contributed by atoms with van der Waals surface area (Å²) < 4.78 is 34.1. The Labute approximate surface area is 202 Å². The van der Waals surface area contributed by atoms with Gasteiger partial charge in [0.2, 0.25) is 10.0 Å². The molecule has 0 saturated carbocycles. The van der Waals surface area contributed by atoms with E-state index >= 15 is 0 Å². The molecule has 1 saturated heterocycles. The minimum absolute atomic E-state index is 0.249. The van der Waals surface area contributed by atoms with Gasteiger partial charge in [-0.25, -0.2) is 8.42 Å². The van der Waals surface area contributed by atoms with Crippen LogP contribution in [0, 0.1) is 17.2 Å². The van der Waals surface area contributed by atoms with Crippen molar-refractivity contribution in [1.29, 1.82) is 5.26 Å². The van der Waals surface area contributed by atoms with E-state index in [0.717, 1.165) is 43.2 Å². The maximum atomic E-state index is 13.6. The SMILES string of the molecule is COCCN(CC1CCCN(Cc2ccc(C#N)cc2)C1)S(=O)(=O)c1ccc2ccccc2c1. The van der Waals surface area contributed by atoms with Crippen molar-refractivity contribution in [2.24, 2.45) is 5.92 Å². The van der Waals surface area contributed by atoms with E-state index in [9.17, 15) is 8.42 Å². The van der Waals surface area contributed by atoms with Gasteiger partial charge in [0.25, 0.3) is 0 Å². The van der Waals surface area contributed by atoms with E-state index in [1.54, 1.807) is 23.5 Å². The van der Waals surface area contributed by atoms with E-state index in [0.29, 0.717) is 30.2 Å². The number of rotatable bonds is 9. The predicted molar refractivity (Wildman–Crippen MR) is 134 cm³/mol. The molecule has 178 valence electrons. The van der Waals surface area contributed by atoms with Gasteiger partial charge >= 0.3 is 0 Å². The fourth-order valence-electron chi connectivity index (χ4n) is 4.65. The van der Waals surface area contributed by atoms with Crippen LogP contribution in [0.25, 0.3) is 10.8 Å². The first kappa shape index (κ1) is 24.4. The van der Waals surface area contributed by atoms with Crippen LogP contribution >= 0.6 is 0 Å². The predicted octanol–water partition coefficient (Wildman–Crippen LogP) is 4.26. The lowest BCUT2D eigenvalue weighted by atomic mass is 9.97. The summed E-state index contributed by atoms with van der Waals surface area (Å²) in [5, 5.41) is 10.9. The molecule has 1 atom stereocenters. The van der Waals surface area contributed by atoms with Gasteiger partial charge in [-0.15, -0.1) is 0 Å². The van der Waals surface area contributed by atoms with Crippen LogP contribution in [0.15, 0.2) is 71.6 Å². The summed E-state index contributed by atoms with van der Waals surface area (Å²) >= 11 is 0. The number of ether oxygens (including phenoxy) is 1. The number of likely N-dealkylation sites (tertiary alicyclic amines) is 1. The average Bonchev–Trinajstić information content (AvgIpc) is 2.87. The standard InChI is InChI=1S/C27H31N3O3S/c1-33-16-15-30(34(31,32)27-13-12-25-6-2-3-7-26(25)17-27)21-24-5-4-14-29(20-24)19-23-10-8-22(18-28)9-11-23/h2-3,6-13,17,24H,4-5,14-16,19-21H2,1H3. The highest BCUT2D eigenvalue weighted by atomic mass is 32.2. The lowest BCUT2D eigenvalue weighted by molar-refractivity contribution is 0.135. The Morgan fingerprint density at radius 1 is 1.09 bits per heavy atom. The first-order valence-electron chi connectivity index (χ1n) is 11.7. The zero-order chi connectivity index (χ0) is 24.0. The van der Waals surface area contributed by atoms with Gasteiger partial charge in [0.15, 0.2) is 0 Å². The highest BCUT2D eigenvalue weighted by Gasteiger charge is 2.29. The van der Waals surface area contributed by atoms with E-state index < -0.39 is 10.0 Å². The number of nitriles is 1. The second kappa shape index (κ2) is 11.1. The molecule has 34 heavy (non-hydrogen) atoms. The van der Waals surface area contributed by atoms with Crippen molar-refractivity contribution in [3.8, 4) is 6.07 Å². The molecule has 3 aromatic rings. The summed E-state index contributed by atoms with van der Waals surface area (Å²) in [5.74, 6) is 0.249. The third kappa shape index (κ3) is 5.83. The number of sulfonamides is 1. The topological polar surface area (TPSA) is 73.6 Å². The summed E-state index contributed by atoms with van der Waals surface area (Å²) in [4.78, 5) is 2.71. The van der Waals surface area contributed by atoms with Gasteiger partial charge in [0.1, 0.15) is 0 Å². The van der Waals surface area contributed by atoms with Crippen LogP contribution in [0.4, 0.5) is 0 Å². The molecule has 0 bridgehead atoms. The zero-order valence-electron chi connectivity index (χ0n) is 19.6. The molecule has 1 unspecified atom stereocenters. The number of nitrogens with zero attached hydrogens (tertiary/aromatic N) is 3. The van der Waals surface area contributed by atoms with Crippen LogP contribution in [0.2, 0.25) is 0 Å². The Hall–Kier alpha value is -2.76. The van der Waals surface area contributed by atoms with Crippen molar-refractivity contribution < 1.29 is 13.2 Å². The molecular weight excluding hydrogens is 446 g/mol. The van der Waals surface area contributed by atoms with Crippen LogP contribution in [0.3, 0.4) is 0 Å². The largest absolute Gasteiger partial charge is 0.383 e. The molecule has 0 aromatic heterocycles. The first-order valence-corrected chi connectivity index (χ1v) is 13.1. The molecule has 1 fully saturated rings. The number of fused-ring (bicyclic) bond motifs is 1. The monoisotopic (exact) mass is 477 g/mol. The molecule has 7 heteroatoms. The Balaban J connectivity index is 1.48. The van der Waals surface area contributed by atoms with Crippen LogP contribution in [0.1, 0.15) is 24.0 Å². The van der Waals surface area contributed by atoms with Crippen molar-refractivity contribution in [2.75, 3.05) is 39.9 Å². The van der Waals surface area contributed by atoms with Crippen molar-refractivity contribution in [2.45, 2.75) is 24.3 Å². The summed E-state index contributed by atoms with van der Waals surface area (Å²) in [5.41, 5.74) is 1.83. The van der Waals surface area contributed by atoms with Gasteiger partial charge in [-0.1, -0.05) is 42.5 Å². The van der Waals surface area contributed by atoms with Crippen molar-refractivity contribution in [3.63, 3.8) is 0 Å². The van der Waals surface area contributed by atoms with E-state index in [2.05, 4.69) is 11.0 Å². The molecule has 0 spiro atoms. The quantitative estimate of drug-likeness (QED) is 0.460. The maximum absolute atomic E-state index is 13.6. The molecule has 3 aromatic carbocycles. The van der Waals surface area contributed by atoms with Crippen LogP contribution in [0.5, 0.6) is 0 Å². The molecular formula is C27H31N3O3S. The number of hydrogen-bond donors (Lipinski definition) is 0. The molecule has 4 rings (SSSR count). The highest BCUT2D eigenvalue weighted by Crippen LogP contribution is 2.25. The third-order valence-corrected chi connectivity index (χ3v) is 8.32. The van der Waals surface area contributed by atoms with E-state index in [1.807, 2.05) is 54.6 Å². The minimum atomic E-state index is -3.64. The van der Waals surface area contributed by atoms with Gasteiger partial charge in [-0.2, -0.15) is 9.57 Å². The van der Waals surface area contributed by atoms with Gasteiger partial charge in [0.05, 0.1) is 23.1 Å². The Morgan fingerprint density at radius 2 is 1.85 bits per heavy atom. The van der Waals surface area contributed by atoms with E-state index in [-0.39, 0.29) is 5.92 Å². The summed E-state index contributed by atoms with van der Waals surface area (Å²) in [7, 11) is -2.05. The number of benzene rings is 3. The second-order valence-electron chi connectivity index (χ2n) is 8.92. The van der Waals surface area contributed by atoms with E-state index in [1.165, 1.54) is 5.56 Å². The molecule has 0 N–H and O–H groups in total. The molecule has 1 aliphatic rings. The minimum Gasteiger partial charge on any atom is -0.383 e. The van der Waals surface area contributed by atoms with Crippen molar-refractivity contribution in [3.05, 3.63) is 77.9 Å². The van der Waals surface area contributed by atoms with Gasteiger partial charge < -0.3 is 4.74 Å². The molecule has 1 aliphatic heterocycles. The number of piperidine rings is 1. The number of methoxy groups -OCH3 is 1. The van der Waals surface area contributed by atoms with Gasteiger partial charge in [0, 0.05) is 33.3 Å². The zero-order valence-corrected chi connectivity index (χ0v) is 20.4. The lowest BCUT2D eigenvalue weighted by Crippen LogP contribution is -2.43. The molecule has 0 radical (unpaired) electrons. The first-order chi connectivity index (χ1) is 16.5. The molecule has 0 amide bonds. The number of hydrogen-bond acceptors (Lipinski definition) is 5. The fourth-order valence-corrected chi connectivity index (χ4v) is 6.19. The van der Waals surface area contributed by atoms with Crippen LogP contribution < -0.4 is 0 Å². The van der Waals surface area contributed by atoms with Gasteiger partial charge in [-0.3, -0.25) is 4.90 Å². The maximum Gasteiger partial charge on any atom is 0.243 e. The fraction of sp³-hybridized carbons (Fsp3) is 0.370. The van der Waals surface area contributed by atoms with Crippen LogP contribution in [-0.4, -0.2) is 57.5 Å². The Bertz CT molecular complexity index is 1250. The Morgan fingerprint density at radius 3 is 2.59 bits per heavy atom. The molecule has 0 aliphatic carbocycles. The summed E-state index contributed by atoms with van der Waals surface area (Å²) in [6.45, 7) is 3.80. The normalized spacial score (nSPS) is 17.1. The van der Waals surface area contributed by atoms with E-state index in [4.69, 9.17) is 10.00 Å². The van der Waals surface area contributed by atoms with Crippen molar-refractivity contribution >= 4 is 20.8 Å². The second-order valence-corrected chi connectivity index (χ2v) is 10.9.